The zero-order valence-electron chi connectivity index (χ0n) is 8.95. The Hall–Kier alpha value is -1.94. The molecule has 0 fully saturated rings. The third-order valence-electron chi connectivity index (χ3n) is 2.57. The zero-order chi connectivity index (χ0) is 12.4. The number of nitrogens with two attached hydrogens (primary N) is 1. The van der Waals surface area contributed by atoms with Crippen molar-refractivity contribution in [2.45, 2.75) is 6.61 Å². The van der Waals surface area contributed by atoms with Crippen LogP contribution in [0.15, 0.2) is 36.4 Å². The second kappa shape index (κ2) is 4.51. The Morgan fingerprint density at radius 3 is 2.24 bits per heavy atom. The van der Waals surface area contributed by atoms with Crippen molar-refractivity contribution in [3.63, 3.8) is 0 Å². The van der Waals surface area contributed by atoms with Gasteiger partial charge in [0.05, 0.1) is 6.61 Å². The highest BCUT2D eigenvalue weighted by molar-refractivity contribution is 5.68. The van der Waals surface area contributed by atoms with Crippen LogP contribution in [0.2, 0.25) is 0 Å². The first-order valence-electron chi connectivity index (χ1n) is 5.07. The van der Waals surface area contributed by atoms with Crippen molar-refractivity contribution in [2.75, 3.05) is 5.73 Å². The number of anilines is 1. The second-order valence-electron chi connectivity index (χ2n) is 3.68. The molecule has 17 heavy (non-hydrogen) atoms. The van der Waals surface area contributed by atoms with E-state index in [1.54, 1.807) is 24.3 Å². The molecule has 2 aromatic carbocycles. The predicted octanol–water partition coefficient (Wildman–Crippen LogP) is 2.71. The van der Waals surface area contributed by atoms with Crippen LogP contribution < -0.4 is 5.73 Å². The molecule has 0 atom stereocenters. The fraction of sp³-hybridized carbons (Fsp3) is 0.0769. The highest BCUT2D eigenvalue weighted by Crippen LogP contribution is 2.28. The lowest BCUT2D eigenvalue weighted by molar-refractivity contribution is 0.282. The first-order chi connectivity index (χ1) is 8.13. The van der Waals surface area contributed by atoms with E-state index < -0.39 is 17.3 Å². The number of halogens is 2. The maximum atomic E-state index is 13.7. The molecule has 0 spiro atoms. The molecule has 0 saturated carbocycles. The summed E-state index contributed by atoms with van der Waals surface area (Å²) in [5.41, 5.74) is 6.37. The Bertz CT molecular complexity index is 538. The van der Waals surface area contributed by atoms with Gasteiger partial charge in [-0.05, 0) is 23.3 Å². The normalized spacial score (nSPS) is 10.5. The van der Waals surface area contributed by atoms with Crippen molar-refractivity contribution in [3.05, 3.63) is 53.6 Å². The van der Waals surface area contributed by atoms with E-state index >= 15 is 0 Å². The molecule has 4 heteroatoms. The summed E-state index contributed by atoms with van der Waals surface area (Å²) in [4.78, 5) is 0. The summed E-state index contributed by atoms with van der Waals surface area (Å²) in [6.45, 7) is -0.0751. The summed E-state index contributed by atoms with van der Waals surface area (Å²) in [6.07, 6.45) is 0. The number of aliphatic hydroxyl groups is 1. The van der Waals surface area contributed by atoms with Gasteiger partial charge in [0, 0.05) is 5.56 Å². The number of hydrogen-bond donors (Lipinski definition) is 2. The molecular weight excluding hydrogens is 224 g/mol. The average Bonchev–Trinajstić information content (AvgIpc) is 2.36. The third-order valence-corrected chi connectivity index (χ3v) is 2.57. The Morgan fingerprint density at radius 2 is 1.65 bits per heavy atom. The van der Waals surface area contributed by atoms with E-state index in [0.29, 0.717) is 5.56 Å². The lowest BCUT2D eigenvalue weighted by Gasteiger charge is -2.07. The van der Waals surface area contributed by atoms with Gasteiger partial charge in [-0.25, -0.2) is 8.78 Å². The molecule has 0 saturated heterocycles. The number of hydrogen-bond acceptors (Lipinski definition) is 2. The minimum atomic E-state index is -0.766. The van der Waals surface area contributed by atoms with Gasteiger partial charge in [-0.1, -0.05) is 24.3 Å². The minimum Gasteiger partial charge on any atom is -0.394 e. The molecule has 0 heterocycles. The lowest BCUT2D eigenvalue weighted by atomic mass is 10.0. The molecule has 0 aliphatic rings. The van der Waals surface area contributed by atoms with Crippen molar-refractivity contribution in [3.8, 4) is 11.1 Å². The largest absolute Gasteiger partial charge is 0.394 e. The topological polar surface area (TPSA) is 46.2 Å². The van der Waals surface area contributed by atoms with Crippen LogP contribution in [0.4, 0.5) is 14.5 Å². The fourth-order valence-corrected chi connectivity index (χ4v) is 1.58. The Labute approximate surface area is 97.3 Å². The Balaban J connectivity index is 2.49. The first kappa shape index (κ1) is 11.5. The van der Waals surface area contributed by atoms with Gasteiger partial charge in [-0.2, -0.15) is 0 Å². The second-order valence-corrected chi connectivity index (χ2v) is 3.68. The number of rotatable bonds is 2. The molecule has 88 valence electrons. The maximum Gasteiger partial charge on any atom is 0.156 e. The molecule has 2 nitrogen and oxygen atoms in total. The summed E-state index contributed by atoms with van der Waals surface area (Å²) >= 11 is 0. The molecule has 0 aliphatic heterocycles. The SMILES string of the molecule is Nc1c(F)ccc(-c2ccc(CO)cc2)c1F. The van der Waals surface area contributed by atoms with Crippen molar-refractivity contribution in [2.24, 2.45) is 0 Å². The molecule has 3 N–H and O–H groups in total. The molecular formula is C13H11F2NO. The highest BCUT2D eigenvalue weighted by atomic mass is 19.1. The fourth-order valence-electron chi connectivity index (χ4n) is 1.58. The van der Waals surface area contributed by atoms with Gasteiger partial charge in [-0.3, -0.25) is 0 Å². The van der Waals surface area contributed by atoms with Gasteiger partial charge < -0.3 is 10.8 Å². The van der Waals surface area contributed by atoms with E-state index in [1.807, 2.05) is 0 Å². The predicted molar refractivity (Wildman–Crippen MR) is 62.1 cm³/mol. The standard InChI is InChI=1S/C13H11F2NO/c14-11-6-5-10(12(15)13(11)16)9-3-1-8(7-17)2-4-9/h1-6,17H,7,16H2. The molecule has 2 aromatic rings. The van der Waals surface area contributed by atoms with E-state index in [2.05, 4.69) is 0 Å². The third kappa shape index (κ3) is 2.12. The molecule has 0 unspecified atom stereocenters. The maximum absolute atomic E-state index is 13.7. The van der Waals surface area contributed by atoms with Gasteiger partial charge >= 0.3 is 0 Å². The van der Waals surface area contributed by atoms with Crippen LogP contribution in [-0.2, 0) is 6.61 Å². The van der Waals surface area contributed by atoms with Crippen molar-refractivity contribution in [1.82, 2.24) is 0 Å². The lowest BCUT2D eigenvalue weighted by Crippen LogP contribution is -1.97. The summed E-state index contributed by atoms with van der Waals surface area (Å²) in [7, 11) is 0. The number of benzene rings is 2. The minimum absolute atomic E-state index is 0.0751. The van der Waals surface area contributed by atoms with E-state index in [4.69, 9.17) is 10.8 Å². The molecule has 0 radical (unpaired) electrons. The van der Waals surface area contributed by atoms with E-state index in [-0.39, 0.29) is 12.2 Å². The summed E-state index contributed by atoms with van der Waals surface area (Å²) in [5, 5.41) is 8.89. The molecule has 0 amide bonds. The quantitative estimate of drug-likeness (QED) is 0.786. The van der Waals surface area contributed by atoms with Gasteiger partial charge in [0.15, 0.2) is 5.82 Å². The van der Waals surface area contributed by atoms with Crippen LogP contribution in [-0.4, -0.2) is 5.11 Å². The van der Waals surface area contributed by atoms with Crippen LogP contribution in [0.1, 0.15) is 5.56 Å². The zero-order valence-corrected chi connectivity index (χ0v) is 8.95. The molecule has 0 aromatic heterocycles. The van der Waals surface area contributed by atoms with Crippen LogP contribution >= 0.6 is 0 Å². The first-order valence-corrected chi connectivity index (χ1v) is 5.07. The van der Waals surface area contributed by atoms with Crippen molar-refractivity contribution >= 4 is 5.69 Å². The Kier molecular flexibility index (Phi) is 3.06. The molecule has 0 bridgehead atoms. The van der Waals surface area contributed by atoms with Gasteiger partial charge in [0.2, 0.25) is 0 Å². The summed E-state index contributed by atoms with van der Waals surface area (Å²) in [6, 6.07) is 9.13. The molecule has 0 aliphatic carbocycles. The van der Waals surface area contributed by atoms with Crippen LogP contribution in [0.5, 0.6) is 0 Å². The van der Waals surface area contributed by atoms with E-state index in [1.165, 1.54) is 6.07 Å². The average molecular weight is 235 g/mol. The van der Waals surface area contributed by atoms with E-state index in [0.717, 1.165) is 11.6 Å². The van der Waals surface area contributed by atoms with Crippen molar-refractivity contribution in [1.29, 1.82) is 0 Å². The van der Waals surface area contributed by atoms with Crippen LogP contribution in [0.25, 0.3) is 11.1 Å². The summed E-state index contributed by atoms with van der Waals surface area (Å²) in [5.74, 6) is -1.53. The molecule has 2 rings (SSSR count). The number of nitrogen functional groups attached to an aromatic ring is 1. The van der Waals surface area contributed by atoms with Gasteiger partial charge in [-0.15, -0.1) is 0 Å². The monoisotopic (exact) mass is 235 g/mol. The highest BCUT2D eigenvalue weighted by Gasteiger charge is 2.11. The Morgan fingerprint density at radius 1 is 1.00 bits per heavy atom. The van der Waals surface area contributed by atoms with E-state index in [9.17, 15) is 8.78 Å². The van der Waals surface area contributed by atoms with Gasteiger partial charge in [0.25, 0.3) is 0 Å². The van der Waals surface area contributed by atoms with Crippen molar-refractivity contribution < 1.29 is 13.9 Å². The smallest absolute Gasteiger partial charge is 0.156 e. The van der Waals surface area contributed by atoms with Crippen LogP contribution in [0.3, 0.4) is 0 Å². The van der Waals surface area contributed by atoms with Crippen LogP contribution in [0, 0.1) is 11.6 Å². The van der Waals surface area contributed by atoms with Gasteiger partial charge in [0.1, 0.15) is 11.5 Å². The summed E-state index contributed by atoms with van der Waals surface area (Å²) < 4.78 is 26.7. The number of aliphatic hydroxyl groups excluding tert-OH is 1.